The number of hydrogen-bond acceptors (Lipinski definition) is 4. The van der Waals surface area contributed by atoms with Crippen LogP contribution >= 0.6 is 43.2 Å². The fourth-order valence-corrected chi connectivity index (χ4v) is 4.09. The summed E-state index contributed by atoms with van der Waals surface area (Å²) >= 11 is 8.80. The van der Waals surface area contributed by atoms with Crippen LogP contribution in [0.5, 0.6) is 0 Å². The molecule has 1 aromatic rings. The van der Waals surface area contributed by atoms with Crippen LogP contribution in [0.15, 0.2) is 14.3 Å². The Morgan fingerprint density at radius 1 is 1.33 bits per heavy atom. The Morgan fingerprint density at radius 3 is 2.78 bits per heavy atom. The summed E-state index contributed by atoms with van der Waals surface area (Å²) in [5, 5.41) is 3.49. The van der Waals surface area contributed by atoms with E-state index in [1.54, 1.807) is 11.3 Å². The third-order valence-corrected chi connectivity index (χ3v) is 6.18. The standard InChI is InChI=1S/C12H18Br2N2OS/c13-11-8-10(18-12(11)14)9-15-2-1-3-16-4-6-17-7-5-16/h8,15H,1-7,9H2. The van der Waals surface area contributed by atoms with Crippen molar-refractivity contribution in [1.82, 2.24) is 10.2 Å². The van der Waals surface area contributed by atoms with Crippen LogP contribution in [0.2, 0.25) is 0 Å². The molecule has 0 amide bonds. The van der Waals surface area contributed by atoms with E-state index in [4.69, 9.17) is 4.74 Å². The topological polar surface area (TPSA) is 24.5 Å². The minimum atomic E-state index is 0.894. The average molecular weight is 398 g/mol. The Morgan fingerprint density at radius 2 is 2.11 bits per heavy atom. The SMILES string of the molecule is Brc1cc(CNCCCN2CCOCC2)sc1Br. The molecule has 1 saturated heterocycles. The third-order valence-electron chi connectivity index (χ3n) is 2.93. The predicted molar refractivity (Wildman–Crippen MR) is 83.3 cm³/mol. The molecule has 0 spiro atoms. The number of ether oxygens (including phenoxy) is 1. The maximum Gasteiger partial charge on any atom is 0.0843 e. The van der Waals surface area contributed by atoms with E-state index in [-0.39, 0.29) is 0 Å². The van der Waals surface area contributed by atoms with Gasteiger partial charge in [0.1, 0.15) is 0 Å². The van der Waals surface area contributed by atoms with Crippen molar-refractivity contribution >= 4 is 43.2 Å². The van der Waals surface area contributed by atoms with E-state index in [9.17, 15) is 0 Å². The summed E-state index contributed by atoms with van der Waals surface area (Å²) < 4.78 is 7.66. The molecule has 3 nitrogen and oxygen atoms in total. The van der Waals surface area contributed by atoms with Crippen LogP contribution in [-0.2, 0) is 11.3 Å². The molecule has 2 rings (SSSR count). The lowest BCUT2D eigenvalue weighted by molar-refractivity contribution is 0.0374. The quantitative estimate of drug-likeness (QED) is 0.746. The van der Waals surface area contributed by atoms with Crippen molar-refractivity contribution in [3.8, 4) is 0 Å². The fraction of sp³-hybridized carbons (Fsp3) is 0.667. The first-order chi connectivity index (χ1) is 8.75. The lowest BCUT2D eigenvalue weighted by Crippen LogP contribution is -2.37. The van der Waals surface area contributed by atoms with Gasteiger partial charge in [0.15, 0.2) is 0 Å². The Bertz CT molecular complexity index is 347. The lowest BCUT2D eigenvalue weighted by Gasteiger charge is -2.26. The van der Waals surface area contributed by atoms with E-state index >= 15 is 0 Å². The minimum Gasteiger partial charge on any atom is -0.379 e. The van der Waals surface area contributed by atoms with Gasteiger partial charge in [-0.05, 0) is 57.4 Å². The van der Waals surface area contributed by atoms with E-state index in [1.807, 2.05) is 0 Å². The molecule has 0 aromatic carbocycles. The van der Waals surface area contributed by atoms with Crippen LogP contribution in [0, 0.1) is 0 Å². The van der Waals surface area contributed by atoms with Crippen LogP contribution < -0.4 is 5.32 Å². The predicted octanol–water partition coefficient (Wildman–Crippen LogP) is 3.09. The summed E-state index contributed by atoms with van der Waals surface area (Å²) in [6.07, 6.45) is 1.20. The molecular weight excluding hydrogens is 380 g/mol. The number of nitrogens with one attached hydrogen (secondary N) is 1. The van der Waals surface area contributed by atoms with Crippen LogP contribution in [0.1, 0.15) is 11.3 Å². The van der Waals surface area contributed by atoms with Crippen LogP contribution in [0.4, 0.5) is 0 Å². The van der Waals surface area contributed by atoms with Gasteiger partial charge in [-0.15, -0.1) is 11.3 Å². The Kier molecular flexibility index (Phi) is 6.61. The highest BCUT2D eigenvalue weighted by Gasteiger charge is 2.09. The van der Waals surface area contributed by atoms with Gasteiger partial charge in [-0.25, -0.2) is 0 Å². The third kappa shape index (κ3) is 4.90. The first kappa shape index (κ1) is 14.9. The summed E-state index contributed by atoms with van der Waals surface area (Å²) in [5.74, 6) is 0. The van der Waals surface area contributed by atoms with Gasteiger partial charge in [0, 0.05) is 29.0 Å². The molecule has 0 saturated carbocycles. The molecule has 0 atom stereocenters. The summed E-state index contributed by atoms with van der Waals surface area (Å²) in [6.45, 7) is 7.17. The zero-order valence-electron chi connectivity index (χ0n) is 10.3. The monoisotopic (exact) mass is 396 g/mol. The molecule has 1 aromatic heterocycles. The lowest BCUT2D eigenvalue weighted by atomic mass is 10.3. The Hall–Kier alpha value is 0.540. The Labute approximate surface area is 129 Å². The number of morpholine rings is 1. The van der Waals surface area contributed by atoms with E-state index < -0.39 is 0 Å². The van der Waals surface area contributed by atoms with Crippen molar-refractivity contribution in [3.05, 3.63) is 19.2 Å². The molecule has 1 aliphatic rings. The molecule has 102 valence electrons. The first-order valence-electron chi connectivity index (χ1n) is 6.20. The molecule has 0 unspecified atom stereocenters. The molecule has 1 fully saturated rings. The van der Waals surface area contributed by atoms with Crippen molar-refractivity contribution in [2.45, 2.75) is 13.0 Å². The second-order valence-corrected chi connectivity index (χ2v) is 7.63. The van der Waals surface area contributed by atoms with E-state index in [0.29, 0.717) is 0 Å². The van der Waals surface area contributed by atoms with Crippen molar-refractivity contribution in [2.24, 2.45) is 0 Å². The van der Waals surface area contributed by atoms with Crippen molar-refractivity contribution in [1.29, 1.82) is 0 Å². The van der Waals surface area contributed by atoms with E-state index in [1.165, 1.54) is 21.6 Å². The molecule has 1 aliphatic heterocycles. The van der Waals surface area contributed by atoms with Crippen molar-refractivity contribution < 1.29 is 4.74 Å². The van der Waals surface area contributed by atoms with E-state index in [0.717, 1.165) is 43.9 Å². The average Bonchev–Trinajstić information content (AvgIpc) is 2.70. The molecule has 18 heavy (non-hydrogen) atoms. The van der Waals surface area contributed by atoms with Gasteiger partial charge in [-0.1, -0.05) is 0 Å². The highest BCUT2D eigenvalue weighted by atomic mass is 79.9. The number of rotatable bonds is 6. The highest BCUT2D eigenvalue weighted by Crippen LogP contribution is 2.32. The van der Waals surface area contributed by atoms with Gasteiger partial charge in [-0.2, -0.15) is 0 Å². The molecule has 1 N–H and O–H groups in total. The highest BCUT2D eigenvalue weighted by molar-refractivity contribution is 9.13. The van der Waals surface area contributed by atoms with Gasteiger partial charge in [0.2, 0.25) is 0 Å². The molecule has 0 aliphatic carbocycles. The molecule has 6 heteroatoms. The minimum absolute atomic E-state index is 0.894. The van der Waals surface area contributed by atoms with Gasteiger partial charge in [0.25, 0.3) is 0 Å². The largest absolute Gasteiger partial charge is 0.379 e. The van der Waals surface area contributed by atoms with Gasteiger partial charge < -0.3 is 10.1 Å². The fourth-order valence-electron chi connectivity index (χ4n) is 1.94. The molecular formula is C12H18Br2N2OS. The molecule has 0 radical (unpaired) electrons. The van der Waals surface area contributed by atoms with Crippen LogP contribution in [0.3, 0.4) is 0 Å². The number of halogens is 2. The van der Waals surface area contributed by atoms with Gasteiger partial charge in [0.05, 0.1) is 17.0 Å². The number of thiophene rings is 1. The second kappa shape index (κ2) is 7.97. The van der Waals surface area contributed by atoms with Crippen LogP contribution in [0.25, 0.3) is 0 Å². The summed E-state index contributed by atoms with van der Waals surface area (Å²) in [5.41, 5.74) is 0. The second-order valence-electron chi connectivity index (χ2n) is 4.32. The number of hydrogen-bond donors (Lipinski definition) is 1. The van der Waals surface area contributed by atoms with Gasteiger partial charge >= 0.3 is 0 Å². The maximum atomic E-state index is 5.33. The summed E-state index contributed by atoms with van der Waals surface area (Å²) in [4.78, 5) is 3.84. The Balaban J connectivity index is 1.55. The zero-order chi connectivity index (χ0) is 12.8. The molecule has 0 bridgehead atoms. The van der Waals surface area contributed by atoms with Crippen molar-refractivity contribution in [2.75, 3.05) is 39.4 Å². The number of nitrogens with zero attached hydrogens (tertiary/aromatic N) is 1. The summed E-state index contributed by atoms with van der Waals surface area (Å²) in [6, 6.07) is 2.17. The molecule has 2 heterocycles. The summed E-state index contributed by atoms with van der Waals surface area (Å²) in [7, 11) is 0. The van der Waals surface area contributed by atoms with Gasteiger partial charge in [-0.3, -0.25) is 4.90 Å². The zero-order valence-corrected chi connectivity index (χ0v) is 14.2. The normalized spacial score (nSPS) is 17.2. The maximum absolute atomic E-state index is 5.33. The van der Waals surface area contributed by atoms with Crippen molar-refractivity contribution in [3.63, 3.8) is 0 Å². The van der Waals surface area contributed by atoms with Crippen LogP contribution in [-0.4, -0.2) is 44.3 Å². The smallest absolute Gasteiger partial charge is 0.0843 e. The van der Waals surface area contributed by atoms with E-state index in [2.05, 4.69) is 48.1 Å². The first-order valence-corrected chi connectivity index (χ1v) is 8.60.